The number of hydrogen-bond donors (Lipinski definition) is 2. The van der Waals surface area contributed by atoms with Crippen LogP contribution in [0.25, 0.3) is 0 Å². The van der Waals surface area contributed by atoms with Gasteiger partial charge in [0.15, 0.2) is 0 Å². The van der Waals surface area contributed by atoms with Crippen LogP contribution >= 0.6 is 0 Å². The molecule has 1 saturated heterocycles. The van der Waals surface area contributed by atoms with Gasteiger partial charge in [-0.1, -0.05) is 12.8 Å². The highest BCUT2D eigenvalue weighted by atomic mass is 16.5. The van der Waals surface area contributed by atoms with Crippen LogP contribution in [-0.2, 0) is 9.53 Å². The summed E-state index contributed by atoms with van der Waals surface area (Å²) in [5.74, 6) is 0.146. The Labute approximate surface area is 110 Å². The quantitative estimate of drug-likeness (QED) is 0.783. The lowest BCUT2D eigenvalue weighted by molar-refractivity contribution is -0.121. The molecule has 2 N–H and O–H groups in total. The fraction of sp³-hybridized carbons (Fsp3) is 0.929. The van der Waals surface area contributed by atoms with E-state index in [1.54, 1.807) is 0 Å². The summed E-state index contributed by atoms with van der Waals surface area (Å²) in [6.07, 6.45) is 7.86. The number of carbonyl (C=O) groups excluding carboxylic acids is 1. The predicted molar refractivity (Wildman–Crippen MR) is 71.5 cm³/mol. The fourth-order valence-corrected chi connectivity index (χ4v) is 3.25. The van der Waals surface area contributed by atoms with E-state index < -0.39 is 0 Å². The van der Waals surface area contributed by atoms with Gasteiger partial charge in [-0.05, 0) is 32.6 Å². The maximum absolute atomic E-state index is 11.4. The molecule has 1 spiro atoms. The molecule has 0 aromatic heterocycles. The van der Waals surface area contributed by atoms with Crippen LogP contribution in [0, 0.1) is 0 Å². The summed E-state index contributed by atoms with van der Waals surface area (Å²) in [6.45, 7) is 4.33. The highest BCUT2D eigenvalue weighted by Gasteiger charge is 2.39. The lowest BCUT2D eigenvalue weighted by Crippen LogP contribution is -2.46. The van der Waals surface area contributed by atoms with E-state index in [0.29, 0.717) is 12.5 Å². The Balaban J connectivity index is 1.68. The van der Waals surface area contributed by atoms with E-state index in [1.165, 1.54) is 25.7 Å². The molecule has 0 radical (unpaired) electrons. The van der Waals surface area contributed by atoms with Crippen molar-refractivity contribution in [2.45, 2.75) is 63.5 Å². The highest BCUT2D eigenvalue weighted by molar-refractivity contribution is 5.75. The smallest absolute Gasteiger partial charge is 0.221 e. The van der Waals surface area contributed by atoms with E-state index in [0.717, 1.165) is 32.5 Å². The van der Waals surface area contributed by atoms with E-state index in [1.807, 2.05) is 6.92 Å². The fourth-order valence-electron chi connectivity index (χ4n) is 3.25. The summed E-state index contributed by atoms with van der Waals surface area (Å²) in [4.78, 5) is 11.4. The van der Waals surface area contributed by atoms with Gasteiger partial charge < -0.3 is 15.4 Å². The molecule has 0 bridgehead atoms. The van der Waals surface area contributed by atoms with Crippen LogP contribution in [0.15, 0.2) is 0 Å². The molecule has 1 aliphatic carbocycles. The minimum absolute atomic E-state index is 0.146. The Bertz CT molecular complexity index is 275. The maximum Gasteiger partial charge on any atom is 0.221 e. The van der Waals surface area contributed by atoms with E-state index in [2.05, 4.69) is 10.6 Å². The van der Waals surface area contributed by atoms with Gasteiger partial charge in [0.05, 0.1) is 5.60 Å². The lowest BCUT2D eigenvalue weighted by atomic mass is 9.89. The summed E-state index contributed by atoms with van der Waals surface area (Å²) in [7, 11) is 0. The van der Waals surface area contributed by atoms with Crippen molar-refractivity contribution in [1.82, 2.24) is 10.6 Å². The average Bonchev–Trinajstić information content (AvgIpc) is 2.78. The van der Waals surface area contributed by atoms with E-state index in [-0.39, 0.29) is 11.5 Å². The molecule has 1 saturated carbocycles. The Morgan fingerprint density at radius 2 is 2.17 bits per heavy atom. The van der Waals surface area contributed by atoms with Gasteiger partial charge in [0.1, 0.15) is 0 Å². The highest BCUT2D eigenvalue weighted by Crippen LogP contribution is 2.39. The van der Waals surface area contributed by atoms with Crippen LogP contribution in [0.5, 0.6) is 0 Å². The summed E-state index contributed by atoms with van der Waals surface area (Å²) in [5, 5.41) is 6.35. The second kappa shape index (κ2) is 6.53. The summed E-state index contributed by atoms with van der Waals surface area (Å²) in [5.41, 5.74) is 0.168. The number of carbonyl (C=O) groups is 1. The van der Waals surface area contributed by atoms with Gasteiger partial charge in [-0.2, -0.15) is 0 Å². The Kier molecular flexibility index (Phi) is 5.01. The van der Waals surface area contributed by atoms with Gasteiger partial charge >= 0.3 is 0 Å². The van der Waals surface area contributed by atoms with E-state index in [9.17, 15) is 4.79 Å². The largest absolute Gasteiger partial charge is 0.375 e. The van der Waals surface area contributed by atoms with Crippen molar-refractivity contribution in [3.8, 4) is 0 Å². The van der Waals surface area contributed by atoms with Crippen LogP contribution in [0.2, 0.25) is 0 Å². The van der Waals surface area contributed by atoms with Crippen molar-refractivity contribution in [3.63, 3.8) is 0 Å². The normalized spacial score (nSPS) is 26.4. The molecule has 4 nitrogen and oxygen atoms in total. The van der Waals surface area contributed by atoms with E-state index >= 15 is 0 Å². The molecule has 0 aromatic carbocycles. The number of ether oxygens (including phenoxy) is 1. The van der Waals surface area contributed by atoms with Crippen molar-refractivity contribution in [2.75, 3.05) is 19.7 Å². The molecule has 18 heavy (non-hydrogen) atoms. The average molecular weight is 254 g/mol. The third-order valence-corrected chi connectivity index (χ3v) is 4.17. The van der Waals surface area contributed by atoms with Crippen LogP contribution in [0.4, 0.5) is 0 Å². The second-order valence-electron chi connectivity index (χ2n) is 5.59. The zero-order valence-corrected chi connectivity index (χ0v) is 11.5. The second-order valence-corrected chi connectivity index (χ2v) is 5.59. The Morgan fingerprint density at radius 1 is 1.39 bits per heavy atom. The summed E-state index contributed by atoms with van der Waals surface area (Å²) < 4.78 is 6.00. The van der Waals surface area contributed by atoms with Crippen molar-refractivity contribution >= 4 is 5.91 Å². The first-order valence-electron chi connectivity index (χ1n) is 7.38. The molecule has 0 aromatic rings. The SMILES string of the molecule is CCNC(=O)CCNC1CCOC2(CCCC2)C1. The summed E-state index contributed by atoms with van der Waals surface area (Å²) in [6, 6.07) is 0.534. The minimum Gasteiger partial charge on any atom is -0.375 e. The number of amides is 1. The number of hydrogen-bond acceptors (Lipinski definition) is 3. The van der Waals surface area contributed by atoms with Crippen LogP contribution in [0.1, 0.15) is 51.9 Å². The zero-order valence-electron chi connectivity index (χ0n) is 11.5. The number of rotatable bonds is 5. The van der Waals surface area contributed by atoms with Crippen LogP contribution in [0.3, 0.4) is 0 Å². The molecule has 1 atom stereocenters. The third kappa shape index (κ3) is 3.69. The molecule has 1 aliphatic heterocycles. The van der Waals surface area contributed by atoms with Gasteiger partial charge in [0, 0.05) is 32.2 Å². The predicted octanol–water partition coefficient (Wildman–Crippen LogP) is 1.59. The van der Waals surface area contributed by atoms with Gasteiger partial charge in [-0.25, -0.2) is 0 Å². The van der Waals surface area contributed by atoms with Crippen molar-refractivity contribution < 1.29 is 9.53 Å². The molecule has 1 unspecified atom stereocenters. The molecule has 2 fully saturated rings. The zero-order chi connectivity index (χ0) is 12.8. The monoisotopic (exact) mass is 254 g/mol. The van der Waals surface area contributed by atoms with Crippen molar-refractivity contribution in [1.29, 1.82) is 0 Å². The topological polar surface area (TPSA) is 50.4 Å². The molecule has 1 heterocycles. The standard InChI is InChI=1S/C14H26N2O2/c1-2-15-13(17)5-9-16-12-6-10-18-14(11-12)7-3-4-8-14/h12,16H,2-11H2,1H3,(H,15,17). The summed E-state index contributed by atoms with van der Waals surface area (Å²) >= 11 is 0. The van der Waals surface area contributed by atoms with Crippen LogP contribution < -0.4 is 10.6 Å². The van der Waals surface area contributed by atoms with Crippen molar-refractivity contribution in [2.24, 2.45) is 0 Å². The molecule has 2 aliphatic rings. The van der Waals surface area contributed by atoms with Crippen molar-refractivity contribution in [3.05, 3.63) is 0 Å². The first-order chi connectivity index (χ1) is 8.74. The molecule has 2 rings (SSSR count). The lowest BCUT2D eigenvalue weighted by Gasteiger charge is -2.38. The Morgan fingerprint density at radius 3 is 2.89 bits per heavy atom. The first-order valence-corrected chi connectivity index (χ1v) is 7.38. The maximum atomic E-state index is 11.4. The van der Waals surface area contributed by atoms with Gasteiger partial charge in [0.25, 0.3) is 0 Å². The first kappa shape index (κ1) is 13.8. The van der Waals surface area contributed by atoms with Gasteiger partial charge in [-0.3, -0.25) is 4.79 Å². The van der Waals surface area contributed by atoms with Gasteiger partial charge in [-0.15, -0.1) is 0 Å². The molecule has 4 heteroatoms. The molecular weight excluding hydrogens is 228 g/mol. The minimum atomic E-state index is 0.146. The third-order valence-electron chi connectivity index (χ3n) is 4.17. The molecule has 104 valence electrons. The Hall–Kier alpha value is -0.610. The molecule has 1 amide bonds. The van der Waals surface area contributed by atoms with E-state index in [4.69, 9.17) is 4.74 Å². The number of nitrogens with one attached hydrogen (secondary N) is 2. The molecular formula is C14H26N2O2. The van der Waals surface area contributed by atoms with Gasteiger partial charge in [0.2, 0.25) is 5.91 Å². The van der Waals surface area contributed by atoms with Crippen LogP contribution in [-0.4, -0.2) is 37.2 Å².